The lowest BCUT2D eigenvalue weighted by atomic mass is 10.1. The maximum absolute atomic E-state index is 13.1. The lowest BCUT2D eigenvalue weighted by molar-refractivity contribution is 0.193. The topological polar surface area (TPSA) is 75.7 Å². The van der Waals surface area contributed by atoms with E-state index in [1.807, 2.05) is 45.9 Å². The van der Waals surface area contributed by atoms with Gasteiger partial charge in [0, 0.05) is 18.3 Å². The minimum atomic E-state index is -4.08. The molecule has 6 nitrogen and oxygen atoms in total. The third-order valence-electron chi connectivity index (χ3n) is 5.18. The fourth-order valence-corrected chi connectivity index (χ4v) is 4.23. The Kier molecular flexibility index (Phi) is 7.38. The van der Waals surface area contributed by atoms with Gasteiger partial charge in [0.05, 0.1) is 0 Å². The Morgan fingerprint density at radius 1 is 0.970 bits per heavy atom. The summed E-state index contributed by atoms with van der Waals surface area (Å²) in [5, 5.41) is 3.00. The van der Waals surface area contributed by atoms with Crippen molar-refractivity contribution in [2.75, 3.05) is 5.32 Å². The predicted molar refractivity (Wildman–Crippen MR) is 126 cm³/mol. The number of amides is 2. The summed E-state index contributed by atoms with van der Waals surface area (Å²) in [6, 6.07) is 16.4. The summed E-state index contributed by atoms with van der Waals surface area (Å²) in [6.45, 7) is 8.08. The van der Waals surface area contributed by atoms with Crippen molar-refractivity contribution in [1.82, 2.24) is 4.90 Å². The summed E-state index contributed by atoms with van der Waals surface area (Å²) in [4.78, 5) is 14.5. The van der Waals surface area contributed by atoms with E-state index >= 15 is 0 Å². The number of nitrogens with zero attached hydrogens (tertiary/aromatic N) is 1. The van der Waals surface area contributed by atoms with E-state index < -0.39 is 15.9 Å². The molecule has 3 aromatic rings. The van der Waals surface area contributed by atoms with Crippen LogP contribution >= 0.6 is 0 Å². The van der Waals surface area contributed by atoms with Crippen molar-refractivity contribution in [1.29, 1.82) is 0 Å². The molecule has 0 bridgehead atoms. The number of hydrogen-bond donors (Lipinski definition) is 1. The smallest absolute Gasteiger partial charge is 0.339 e. The van der Waals surface area contributed by atoms with E-state index in [0.29, 0.717) is 6.54 Å². The van der Waals surface area contributed by atoms with E-state index in [9.17, 15) is 17.6 Å². The summed E-state index contributed by atoms with van der Waals surface area (Å²) >= 11 is 0. The normalized spacial score (nSPS) is 11.3. The van der Waals surface area contributed by atoms with Gasteiger partial charge in [0.2, 0.25) is 0 Å². The quantitative estimate of drug-likeness (QED) is 0.453. The first-order chi connectivity index (χ1) is 15.6. The lowest BCUT2D eigenvalue weighted by Gasteiger charge is -2.28. The predicted octanol–water partition coefficient (Wildman–Crippen LogP) is 5.65. The van der Waals surface area contributed by atoms with Crippen LogP contribution in [0, 0.1) is 19.7 Å². The van der Waals surface area contributed by atoms with Crippen molar-refractivity contribution in [3.63, 3.8) is 0 Å². The van der Waals surface area contributed by atoms with E-state index in [1.54, 1.807) is 17.0 Å². The molecule has 3 aromatic carbocycles. The van der Waals surface area contributed by atoms with E-state index in [-0.39, 0.29) is 22.7 Å². The van der Waals surface area contributed by atoms with Gasteiger partial charge < -0.3 is 14.4 Å². The van der Waals surface area contributed by atoms with Crippen LogP contribution in [0.15, 0.2) is 71.6 Å². The molecular weight excluding hydrogens is 443 g/mol. The molecule has 0 atom stereocenters. The number of anilines is 1. The Morgan fingerprint density at radius 3 is 2.09 bits per heavy atom. The van der Waals surface area contributed by atoms with Crippen LogP contribution in [0.3, 0.4) is 0 Å². The number of urea groups is 1. The largest absolute Gasteiger partial charge is 0.379 e. The fraction of sp³-hybridized carbons (Fsp3) is 0.240. The number of benzene rings is 3. The zero-order valence-corrected chi connectivity index (χ0v) is 19.8. The third-order valence-corrected chi connectivity index (χ3v) is 6.44. The molecule has 1 N–H and O–H groups in total. The van der Waals surface area contributed by atoms with Crippen LogP contribution in [0.5, 0.6) is 5.75 Å². The number of halogens is 1. The first-order valence-corrected chi connectivity index (χ1v) is 11.9. The van der Waals surface area contributed by atoms with Gasteiger partial charge in [0.25, 0.3) is 0 Å². The van der Waals surface area contributed by atoms with Gasteiger partial charge in [-0.2, -0.15) is 8.42 Å². The fourth-order valence-electron chi connectivity index (χ4n) is 3.30. The molecule has 0 unspecified atom stereocenters. The van der Waals surface area contributed by atoms with Gasteiger partial charge in [-0.3, -0.25) is 0 Å². The van der Waals surface area contributed by atoms with Crippen LogP contribution in [0.4, 0.5) is 14.9 Å². The van der Waals surface area contributed by atoms with Crippen LogP contribution in [0.25, 0.3) is 0 Å². The summed E-state index contributed by atoms with van der Waals surface area (Å²) in [6.07, 6.45) is 0. The maximum atomic E-state index is 13.1. The first kappa shape index (κ1) is 24.3. The van der Waals surface area contributed by atoms with Crippen molar-refractivity contribution >= 4 is 21.8 Å². The molecule has 8 heteroatoms. The second-order valence-electron chi connectivity index (χ2n) is 8.05. The van der Waals surface area contributed by atoms with Crippen LogP contribution in [-0.4, -0.2) is 25.4 Å². The number of rotatable bonds is 7. The van der Waals surface area contributed by atoms with E-state index in [1.165, 1.54) is 12.1 Å². The molecule has 174 valence electrons. The maximum Gasteiger partial charge on any atom is 0.339 e. The number of para-hydroxylation sites is 1. The minimum Gasteiger partial charge on any atom is -0.379 e. The Balaban J connectivity index is 1.71. The van der Waals surface area contributed by atoms with Crippen molar-refractivity contribution in [2.24, 2.45) is 0 Å². The number of aryl methyl sites for hydroxylation is 2. The zero-order chi connectivity index (χ0) is 24.2. The van der Waals surface area contributed by atoms with Crippen LogP contribution in [0.2, 0.25) is 0 Å². The first-order valence-electron chi connectivity index (χ1n) is 10.5. The van der Waals surface area contributed by atoms with E-state index in [2.05, 4.69) is 5.32 Å². The van der Waals surface area contributed by atoms with Gasteiger partial charge in [-0.15, -0.1) is 0 Å². The van der Waals surface area contributed by atoms with Crippen molar-refractivity contribution < 1.29 is 21.8 Å². The monoisotopic (exact) mass is 470 g/mol. The Morgan fingerprint density at radius 2 is 1.55 bits per heavy atom. The Labute approximate surface area is 194 Å². The molecule has 0 aliphatic carbocycles. The van der Waals surface area contributed by atoms with Crippen molar-refractivity contribution in [3.8, 4) is 5.75 Å². The highest BCUT2D eigenvalue weighted by molar-refractivity contribution is 7.87. The second kappa shape index (κ2) is 10.0. The van der Waals surface area contributed by atoms with Gasteiger partial charge in [-0.05, 0) is 80.8 Å². The molecule has 0 aliphatic heterocycles. The van der Waals surface area contributed by atoms with Gasteiger partial charge in [0.1, 0.15) is 16.5 Å². The molecule has 0 saturated carbocycles. The molecule has 33 heavy (non-hydrogen) atoms. The number of carbonyl (C=O) groups is 1. The molecule has 0 aliphatic rings. The van der Waals surface area contributed by atoms with Crippen LogP contribution in [0.1, 0.15) is 30.5 Å². The zero-order valence-electron chi connectivity index (χ0n) is 19.0. The molecule has 0 aromatic heterocycles. The van der Waals surface area contributed by atoms with Gasteiger partial charge in [-0.25, -0.2) is 9.18 Å². The molecule has 0 heterocycles. The Hall–Kier alpha value is -3.39. The van der Waals surface area contributed by atoms with Crippen LogP contribution in [-0.2, 0) is 16.7 Å². The van der Waals surface area contributed by atoms with Gasteiger partial charge in [0.15, 0.2) is 0 Å². The average molecular weight is 471 g/mol. The lowest BCUT2D eigenvalue weighted by Crippen LogP contribution is -2.39. The van der Waals surface area contributed by atoms with Crippen molar-refractivity contribution in [3.05, 3.63) is 89.2 Å². The number of nitrogens with one attached hydrogen (secondary N) is 1. The summed E-state index contributed by atoms with van der Waals surface area (Å²) in [7, 11) is -4.08. The number of carbonyl (C=O) groups excluding carboxylic acids is 1. The average Bonchev–Trinajstić information content (AvgIpc) is 2.75. The highest BCUT2D eigenvalue weighted by Gasteiger charge is 2.20. The minimum absolute atomic E-state index is 0.0656. The second-order valence-corrected chi connectivity index (χ2v) is 9.60. The van der Waals surface area contributed by atoms with Gasteiger partial charge >= 0.3 is 16.1 Å². The summed E-state index contributed by atoms with van der Waals surface area (Å²) in [5.41, 5.74) is 3.57. The highest BCUT2D eigenvalue weighted by Crippen LogP contribution is 2.23. The third kappa shape index (κ3) is 6.10. The molecule has 0 saturated heterocycles. The number of hydrogen-bond acceptors (Lipinski definition) is 4. The molecule has 0 spiro atoms. The van der Waals surface area contributed by atoms with E-state index in [4.69, 9.17) is 4.18 Å². The summed E-state index contributed by atoms with van der Waals surface area (Å²) < 4.78 is 43.0. The highest BCUT2D eigenvalue weighted by atomic mass is 32.2. The SMILES string of the molecule is Cc1cccc(C)c1NC(=O)N(Cc1ccc(OS(=O)(=O)c2ccc(F)cc2)cc1)C(C)C. The molecular formula is C25H27FN2O4S. The van der Waals surface area contributed by atoms with Crippen LogP contribution < -0.4 is 9.50 Å². The standard InChI is InChI=1S/C25H27FN2O4S/c1-17(2)28(25(29)27-24-18(3)6-5-7-19(24)4)16-20-8-12-22(13-9-20)32-33(30,31)23-14-10-21(26)11-15-23/h5-15,17H,16H2,1-4H3,(H,27,29). The van der Waals surface area contributed by atoms with Gasteiger partial charge in [-0.1, -0.05) is 30.3 Å². The summed E-state index contributed by atoms with van der Waals surface area (Å²) in [5.74, 6) is -0.409. The molecule has 0 radical (unpaired) electrons. The van der Waals surface area contributed by atoms with Crippen molar-refractivity contribution in [2.45, 2.75) is 45.2 Å². The van der Waals surface area contributed by atoms with E-state index in [0.717, 1.165) is 46.6 Å². The molecule has 3 rings (SSSR count). The Bertz CT molecular complexity index is 1200. The molecule has 0 fully saturated rings. The molecule has 2 amide bonds.